The number of pyridine rings is 1. The van der Waals surface area contributed by atoms with E-state index in [4.69, 9.17) is 0 Å². The number of hydrogen-bond donors (Lipinski definition) is 0. The lowest BCUT2D eigenvalue weighted by Crippen LogP contribution is -1.80. The molecule has 0 aliphatic carbocycles. The highest BCUT2D eigenvalue weighted by molar-refractivity contribution is 7.13. The largest absolute Gasteiger partial charge is 0.263 e. The molecule has 0 atom stereocenters. The monoisotopic (exact) mass is 215 g/mol. The highest BCUT2D eigenvalue weighted by atomic mass is 32.1. The second-order valence-electron chi connectivity index (χ2n) is 3.71. The Labute approximate surface area is 94.1 Å². The molecule has 2 aromatic heterocycles. The molecule has 2 rings (SSSR count). The zero-order valence-corrected chi connectivity index (χ0v) is 9.71. The number of allylic oxidation sites excluding steroid dienone is 1. The maximum absolute atomic E-state index is 4.26. The van der Waals surface area contributed by atoms with Crippen LogP contribution in [0.25, 0.3) is 16.5 Å². The molecular weight excluding hydrogens is 202 g/mol. The first-order chi connectivity index (χ1) is 7.25. The van der Waals surface area contributed by atoms with Gasteiger partial charge in [-0.3, -0.25) is 4.98 Å². The lowest BCUT2D eigenvalue weighted by atomic mass is 10.1. The van der Waals surface area contributed by atoms with E-state index in [-0.39, 0.29) is 0 Å². The Morgan fingerprint density at radius 2 is 2.20 bits per heavy atom. The first-order valence-corrected chi connectivity index (χ1v) is 5.77. The highest BCUT2D eigenvalue weighted by Crippen LogP contribution is 2.24. The van der Waals surface area contributed by atoms with Gasteiger partial charge in [-0.2, -0.15) is 0 Å². The van der Waals surface area contributed by atoms with Gasteiger partial charge in [-0.15, -0.1) is 11.3 Å². The van der Waals surface area contributed by atoms with Gasteiger partial charge in [0.1, 0.15) is 0 Å². The molecule has 2 heteroatoms. The van der Waals surface area contributed by atoms with Gasteiger partial charge >= 0.3 is 0 Å². The summed E-state index contributed by atoms with van der Waals surface area (Å²) < 4.78 is 0. The van der Waals surface area contributed by atoms with E-state index in [9.17, 15) is 0 Å². The van der Waals surface area contributed by atoms with Crippen LogP contribution in [0.15, 0.2) is 41.5 Å². The number of aromatic nitrogens is 1. The summed E-state index contributed by atoms with van der Waals surface area (Å²) in [6, 6.07) is 6.35. The van der Waals surface area contributed by atoms with E-state index in [0.29, 0.717) is 0 Å². The second-order valence-corrected chi connectivity index (χ2v) is 4.65. The first-order valence-electron chi connectivity index (χ1n) is 4.89. The minimum Gasteiger partial charge on any atom is -0.263 e. The van der Waals surface area contributed by atoms with Crippen molar-refractivity contribution in [2.24, 2.45) is 0 Å². The van der Waals surface area contributed by atoms with Crippen LogP contribution in [-0.2, 0) is 0 Å². The Kier molecular flexibility index (Phi) is 2.97. The van der Waals surface area contributed by atoms with Crippen molar-refractivity contribution >= 4 is 17.4 Å². The molecule has 0 radical (unpaired) electrons. The van der Waals surface area contributed by atoms with Crippen molar-refractivity contribution in [2.75, 3.05) is 0 Å². The molecule has 0 bridgehead atoms. The lowest BCUT2D eigenvalue weighted by molar-refractivity contribution is 1.31. The summed E-state index contributed by atoms with van der Waals surface area (Å²) in [5.74, 6) is 0. The predicted octanol–water partition coefficient (Wildman–Crippen LogP) is 4.23. The van der Waals surface area contributed by atoms with Crippen LogP contribution in [0, 0.1) is 0 Å². The minimum absolute atomic E-state index is 1.17. The van der Waals surface area contributed by atoms with Crippen molar-refractivity contribution in [3.63, 3.8) is 0 Å². The SMILES string of the molecule is CC(C)=Cc1cncc(-c2cccs2)c1. The topological polar surface area (TPSA) is 12.9 Å². The van der Waals surface area contributed by atoms with Gasteiger partial charge in [0.25, 0.3) is 0 Å². The molecule has 0 aliphatic rings. The van der Waals surface area contributed by atoms with Gasteiger partial charge in [0.2, 0.25) is 0 Å². The van der Waals surface area contributed by atoms with Crippen LogP contribution in [0.2, 0.25) is 0 Å². The fourth-order valence-corrected chi connectivity index (χ4v) is 2.16. The van der Waals surface area contributed by atoms with E-state index in [1.807, 2.05) is 12.4 Å². The molecular formula is C13H13NS. The van der Waals surface area contributed by atoms with Crippen LogP contribution < -0.4 is 0 Å². The van der Waals surface area contributed by atoms with E-state index in [1.165, 1.54) is 21.6 Å². The third kappa shape index (κ3) is 2.54. The molecule has 0 aromatic carbocycles. The maximum atomic E-state index is 4.26. The van der Waals surface area contributed by atoms with Crippen LogP contribution in [0.1, 0.15) is 19.4 Å². The number of rotatable bonds is 2. The van der Waals surface area contributed by atoms with Crippen molar-refractivity contribution in [1.29, 1.82) is 0 Å². The molecule has 15 heavy (non-hydrogen) atoms. The summed E-state index contributed by atoms with van der Waals surface area (Å²) in [6.45, 7) is 4.19. The van der Waals surface area contributed by atoms with E-state index in [1.54, 1.807) is 11.3 Å². The zero-order chi connectivity index (χ0) is 10.7. The van der Waals surface area contributed by atoms with Crippen LogP contribution in [0.3, 0.4) is 0 Å². The molecule has 1 nitrogen and oxygen atoms in total. The van der Waals surface area contributed by atoms with Crippen molar-refractivity contribution in [1.82, 2.24) is 4.98 Å². The summed E-state index contributed by atoms with van der Waals surface area (Å²) in [5.41, 5.74) is 3.65. The van der Waals surface area contributed by atoms with E-state index < -0.39 is 0 Å². The van der Waals surface area contributed by atoms with Crippen molar-refractivity contribution in [3.05, 3.63) is 47.1 Å². The average Bonchev–Trinajstić information content (AvgIpc) is 2.69. The summed E-state index contributed by atoms with van der Waals surface area (Å²) in [7, 11) is 0. The Balaban J connectivity index is 2.39. The molecule has 0 fully saturated rings. The van der Waals surface area contributed by atoms with Crippen LogP contribution in [0.5, 0.6) is 0 Å². The fraction of sp³-hybridized carbons (Fsp3) is 0.154. The summed E-state index contributed by atoms with van der Waals surface area (Å²) >= 11 is 1.74. The van der Waals surface area contributed by atoms with Crippen molar-refractivity contribution < 1.29 is 0 Å². The molecule has 2 heterocycles. The molecule has 0 unspecified atom stereocenters. The summed E-state index contributed by atoms with van der Waals surface area (Å²) in [5, 5.41) is 2.09. The Morgan fingerprint density at radius 3 is 2.87 bits per heavy atom. The number of nitrogens with zero attached hydrogens (tertiary/aromatic N) is 1. The molecule has 2 aromatic rings. The summed E-state index contributed by atoms with van der Waals surface area (Å²) in [6.07, 6.45) is 5.95. The van der Waals surface area contributed by atoms with Gasteiger partial charge in [0.15, 0.2) is 0 Å². The second kappa shape index (κ2) is 4.41. The summed E-state index contributed by atoms with van der Waals surface area (Å²) in [4.78, 5) is 5.53. The third-order valence-electron chi connectivity index (χ3n) is 2.02. The smallest absolute Gasteiger partial charge is 0.0358 e. The number of thiophene rings is 1. The van der Waals surface area contributed by atoms with Crippen LogP contribution >= 0.6 is 11.3 Å². The van der Waals surface area contributed by atoms with Crippen molar-refractivity contribution in [3.8, 4) is 10.4 Å². The molecule has 76 valence electrons. The molecule has 0 saturated carbocycles. The average molecular weight is 215 g/mol. The maximum Gasteiger partial charge on any atom is 0.0358 e. The quantitative estimate of drug-likeness (QED) is 0.730. The van der Waals surface area contributed by atoms with E-state index in [0.717, 1.165) is 0 Å². The Bertz CT molecular complexity index is 465. The van der Waals surface area contributed by atoms with Gasteiger partial charge in [0.05, 0.1) is 0 Å². The predicted molar refractivity (Wildman–Crippen MR) is 66.9 cm³/mol. The zero-order valence-electron chi connectivity index (χ0n) is 8.90. The van der Waals surface area contributed by atoms with Gasteiger partial charge in [-0.25, -0.2) is 0 Å². The van der Waals surface area contributed by atoms with Gasteiger partial charge in [-0.1, -0.05) is 17.7 Å². The van der Waals surface area contributed by atoms with Gasteiger partial charge < -0.3 is 0 Å². The normalized spacial score (nSPS) is 10.0. The highest BCUT2D eigenvalue weighted by Gasteiger charge is 1.99. The molecule has 0 amide bonds. The third-order valence-corrected chi connectivity index (χ3v) is 2.94. The lowest BCUT2D eigenvalue weighted by Gasteiger charge is -1.99. The van der Waals surface area contributed by atoms with Crippen molar-refractivity contribution in [2.45, 2.75) is 13.8 Å². The molecule has 0 spiro atoms. The molecule has 0 aliphatic heterocycles. The van der Waals surface area contributed by atoms with Gasteiger partial charge in [-0.05, 0) is 36.9 Å². The van der Waals surface area contributed by atoms with Gasteiger partial charge in [0, 0.05) is 22.8 Å². The Hall–Kier alpha value is -1.41. The fourth-order valence-electron chi connectivity index (χ4n) is 1.45. The molecule has 0 saturated heterocycles. The van der Waals surface area contributed by atoms with Crippen LogP contribution in [0.4, 0.5) is 0 Å². The van der Waals surface area contributed by atoms with E-state index in [2.05, 4.69) is 48.5 Å². The standard InChI is InChI=1S/C13H13NS/c1-10(2)6-11-7-12(9-14-8-11)13-4-3-5-15-13/h3-9H,1-2H3. The van der Waals surface area contributed by atoms with E-state index >= 15 is 0 Å². The first kappa shape index (κ1) is 10.1. The minimum atomic E-state index is 1.17. The number of hydrogen-bond acceptors (Lipinski definition) is 2. The molecule has 0 N–H and O–H groups in total. The Morgan fingerprint density at radius 1 is 1.33 bits per heavy atom. The van der Waals surface area contributed by atoms with Crippen LogP contribution in [-0.4, -0.2) is 4.98 Å².